The fourth-order valence-corrected chi connectivity index (χ4v) is 7.46. The van der Waals surface area contributed by atoms with Crippen LogP contribution in [0.1, 0.15) is 264 Å². The van der Waals surface area contributed by atoms with E-state index in [-0.39, 0.29) is 12.6 Å². The summed E-state index contributed by atoms with van der Waals surface area (Å²) < 4.78 is 11.2. The highest BCUT2D eigenvalue weighted by molar-refractivity contribution is 5.69. The molecule has 1 atom stereocenters. The van der Waals surface area contributed by atoms with Gasteiger partial charge in [0.1, 0.15) is 6.10 Å². The van der Waals surface area contributed by atoms with Crippen LogP contribution in [-0.2, 0) is 14.3 Å². The molecule has 4 heteroatoms. The molecule has 330 valence electrons. The Hall–Kier alpha value is -1.39. The van der Waals surface area contributed by atoms with E-state index >= 15 is 0 Å². The Bertz CT molecular complexity index is 833. The van der Waals surface area contributed by atoms with E-state index in [4.69, 9.17) is 9.47 Å². The van der Waals surface area contributed by atoms with Crippen molar-refractivity contribution < 1.29 is 19.4 Å². The number of rotatable bonds is 47. The lowest BCUT2D eigenvalue weighted by molar-refractivity contribution is -0.154. The molecule has 0 aromatic heterocycles. The van der Waals surface area contributed by atoms with Crippen LogP contribution in [0.3, 0.4) is 0 Å². The van der Waals surface area contributed by atoms with Crippen LogP contribution in [0, 0.1) is 0 Å². The molecule has 0 aromatic rings. The average Bonchev–Trinajstić information content (AvgIpc) is 3.20. The Labute approximate surface area is 350 Å². The Morgan fingerprint density at radius 1 is 0.429 bits per heavy atom. The SMILES string of the molecule is CCCCC/C=C\C/C=C\C/C=C\CCCCCCCCCOCC(CO)OC(=O)CCCCCCCCCCCCCCCCCCCCCCCCCC. The lowest BCUT2D eigenvalue weighted by atomic mass is 10.0. The number of hydrogen-bond donors (Lipinski definition) is 1. The zero-order chi connectivity index (χ0) is 40.5. The number of carbonyl (C=O) groups is 1. The first-order chi connectivity index (χ1) is 27.7. The van der Waals surface area contributed by atoms with Gasteiger partial charge in [-0.05, 0) is 51.4 Å². The molecule has 1 unspecified atom stereocenters. The van der Waals surface area contributed by atoms with E-state index in [2.05, 4.69) is 50.3 Å². The number of aliphatic hydroxyl groups is 1. The van der Waals surface area contributed by atoms with E-state index < -0.39 is 6.10 Å². The van der Waals surface area contributed by atoms with Crippen LogP contribution in [0.25, 0.3) is 0 Å². The number of aliphatic hydroxyl groups excluding tert-OH is 1. The molecular formula is C52H98O4. The molecule has 0 aliphatic rings. The molecule has 0 saturated carbocycles. The van der Waals surface area contributed by atoms with Crippen LogP contribution in [0.5, 0.6) is 0 Å². The summed E-state index contributed by atoms with van der Waals surface area (Å²) in [5.74, 6) is -0.199. The number of esters is 1. The highest BCUT2D eigenvalue weighted by Gasteiger charge is 2.13. The largest absolute Gasteiger partial charge is 0.457 e. The smallest absolute Gasteiger partial charge is 0.306 e. The summed E-state index contributed by atoms with van der Waals surface area (Å²) in [4.78, 5) is 12.3. The van der Waals surface area contributed by atoms with Crippen LogP contribution in [0.4, 0.5) is 0 Å². The second kappa shape index (κ2) is 49.8. The molecular weight excluding hydrogens is 689 g/mol. The highest BCUT2D eigenvalue weighted by atomic mass is 16.6. The van der Waals surface area contributed by atoms with E-state index in [1.807, 2.05) is 0 Å². The summed E-state index contributed by atoms with van der Waals surface area (Å²) in [7, 11) is 0. The fourth-order valence-electron chi connectivity index (χ4n) is 7.46. The van der Waals surface area contributed by atoms with Crippen molar-refractivity contribution in [2.75, 3.05) is 19.8 Å². The van der Waals surface area contributed by atoms with E-state index in [1.54, 1.807) is 0 Å². The van der Waals surface area contributed by atoms with Gasteiger partial charge in [-0.2, -0.15) is 0 Å². The molecule has 0 fully saturated rings. The van der Waals surface area contributed by atoms with Gasteiger partial charge in [0.15, 0.2) is 0 Å². The van der Waals surface area contributed by atoms with E-state index in [0.717, 1.165) is 32.1 Å². The zero-order valence-electron chi connectivity index (χ0n) is 37.9. The van der Waals surface area contributed by atoms with Gasteiger partial charge in [0.05, 0.1) is 13.2 Å². The van der Waals surface area contributed by atoms with Gasteiger partial charge < -0.3 is 14.6 Å². The van der Waals surface area contributed by atoms with E-state index in [1.165, 1.54) is 212 Å². The monoisotopic (exact) mass is 787 g/mol. The van der Waals surface area contributed by atoms with Crippen molar-refractivity contribution in [1.82, 2.24) is 0 Å². The lowest BCUT2D eigenvalue weighted by Gasteiger charge is -2.16. The third-order valence-electron chi connectivity index (χ3n) is 11.2. The summed E-state index contributed by atoms with van der Waals surface area (Å²) in [6.07, 6.45) is 63.8. The number of hydrogen-bond acceptors (Lipinski definition) is 4. The highest BCUT2D eigenvalue weighted by Crippen LogP contribution is 2.16. The van der Waals surface area contributed by atoms with Crippen molar-refractivity contribution in [2.24, 2.45) is 0 Å². The van der Waals surface area contributed by atoms with Crippen LogP contribution in [-0.4, -0.2) is 37.0 Å². The zero-order valence-corrected chi connectivity index (χ0v) is 37.9. The maximum absolute atomic E-state index is 12.3. The van der Waals surface area contributed by atoms with Gasteiger partial charge in [-0.15, -0.1) is 0 Å². The van der Waals surface area contributed by atoms with Crippen molar-refractivity contribution in [2.45, 2.75) is 270 Å². The number of unbranched alkanes of at least 4 members (excludes halogenated alkanes) is 33. The topological polar surface area (TPSA) is 55.8 Å². The quantitative estimate of drug-likeness (QED) is 0.0379. The summed E-state index contributed by atoms with van der Waals surface area (Å²) in [5.41, 5.74) is 0. The first-order valence-electron chi connectivity index (χ1n) is 25.1. The first-order valence-corrected chi connectivity index (χ1v) is 25.1. The molecule has 0 saturated heterocycles. The van der Waals surface area contributed by atoms with Crippen molar-refractivity contribution in [3.05, 3.63) is 36.5 Å². The van der Waals surface area contributed by atoms with Crippen molar-refractivity contribution in [3.8, 4) is 0 Å². The van der Waals surface area contributed by atoms with Crippen molar-refractivity contribution in [3.63, 3.8) is 0 Å². The first kappa shape index (κ1) is 54.6. The van der Waals surface area contributed by atoms with E-state index in [0.29, 0.717) is 19.6 Å². The van der Waals surface area contributed by atoms with Crippen LogP contribution in [0.2, 0.25) is 0 Å². The normalized spacial score (nSPS) is 12.6. The molecule has 56 heavy (non-hydrogen) atoms. The number of ether oxygens (including phenoxy) is 2. The van der Waals surface area contributed by atoms with Crippen molar-refractivity contribution >= 4 is 5.97 Å². The maximum atomic E-state index is 12.3. The Morgan fingerprint density at radius 3 is 1.16 bits per heavy atom. The second-order valence-electron chi connectivity index (χ2n) is 16.9. The van der Waals surface area contributed by atoms with Crippen LogP contribution in [0.15, 0.2) is 36.5 Å². The molecule has 4 nitrogen and oxygen atoms in total. The average molecular weight is 787 g/mol. The van der Waals surface area contributed by atoms with Gasteiger partial charge in [-0.1, -0.05) is 243 Å². The molecule has 0 heterocycles. The third kappa shape index (κ3) is 47.0. The predicted molar refractivity (Wildman–Crippen MR) is 247 cm³/mol. The number of carbonyl (C=O) groups excluding carboxylic acids is 1. The fraction of sp³-hybridized carbons (Fsp3) is 0.865. The summed E-state index contributed by atoms with van der Waals surface area (Å²) >= 11 is 0. The van der Waals surface area contributed by atoms with Gasteiger partial charge in [-0.25, -0.2) is 0 Å². The van der Waals surface area contributed by atoms with Gasteiger partial charge >= 0.3 is 5.97 Å². The van der Waals surface area contributed by atoms with Crippen LogP contribution >= 0.6 is 0 Å². The van der Waals surface area contributed by atoms with Gasteiger partial charge in [-0.3, -0.25) is 4.79 Å². The third-order valence-corrected chi connectivity index (χ3v) is 11.2. The molecule has 0 aromatic carbocycles. The molecule has 1 N–H and O–H groups in total. The molecule has 0 amide bonds. The standard InChI is InChI=1S/C52H98O4/c1-3-5-7-9-11-13-15-17-19-21-23-25-26-27-28-29-31-33-35-37-39-41-43-45-47-52(54)56-51(49-53)50-55-48-46-44-42-40-38-36-34-32-30-24-22-20-18-16-14-12-10-8-6-4-2/h12,14,18,20,24,30,51,53H,3-11,13,15-17,19,21-23,25-29,31-50H2,1-2H3/b14-12-,20-18-,30-24-. The molecule has 0 radical (unpaired) electrons. The van der Waals surface area contributed by atoms with Gasteiger partial charge in [0.2, 0.25) is 0 Å². The Kier molecular flexibility index (Phi) is 48.5. The molecule has 0 aliphatic carbocycles. The molecule has 0 rings (SSSR count). The summed E-state index contributed by atoms with van der Waals surface area (Å²) in [5, 5.41) is 9.64. The van der Waals surface area contributed by atoms with Gasteiger partial charge in [0.25, 0.3) is 0 Å². The lowest BCUT2D eigenvalue weighted by Crippen LogP contribution is -2.27. The van der Waals surface area contributed by atoms with E-state index in [9.17, 15) is 9.90 Å². The van der Waals surface area contributed by atoms with Crippen LogP contribution < -0.4 is 0 Å². The second-order valence-corrected chi connectivity index (χ2v) is 16.9. The minimum atomic E-state index is -0.538. The molecule has 0 bridgehead atoms. The minimum Gasteiger partial charge on any atom is -0.457 e. The maximum Gasteiger partial charge on any atom is 0.306 e. The molecule has 0 aliphatic heterocycles. The summed E-state index contributed by atoms with van der Waals surface area (Å²) in [6, 6.07) is 0. The van der Waals surface area contributed by atoms with Gasteiger partial charge in [0, 0.05) is 13.0 Å². The molecule has 0 spiro atoms. The minimum absolute atomic E-state index is 0.173. The number of allylic oxidation sites excluding steroid dienone is 6. The Morgan fingerprint density at radius 2 is 0.750 bits per heavy atom. The Balaban J connectivity index is 3.39. The van der Waals surface area contributed by atoms with Crippen molar-refractivity contribution in [1.29, 1.82) is 0 Å². The predicted octanol–water partition coefficient (Wildman–Crippen LogP) is 16.8. The summed E-state index contributed by atoms with van der Waals surface area (Å²) in [6.45, 7) is 5.34.